The molecule has 6 N–H and O–H groups in total. The number of aliphatic carboxylic acids is 1. The third-order valence-electron chi connectivity index (χ3n) is 5.10. The highest BCUT2D eigenvalue weighted by atomic mass is 16.6. The van der Waals surface area contributed by atoms with Gasteiger partial charge < -0.3 is 40.1 Å². The zero-order valence-electron chi connectivity index (χ0n) is 19.3. The summed E-state index contributed by atoms with van der Waals surface area (Å²) in [6, 6.07) is 0. The van der Waals surface area contributed by atoms with Gasteiger partial charge in [-0.3, -0.25) is 9.59 Å². The van der Waals surface area contributed by atoms with Crippen LogP contribution in [0.5, 0.6) is 0 Å². The molecule has 0 heterocycles. The molecule has 0 aromatic heterocycles. The minimum absolute atomic E-state index is 0.0197. The van der Waals surface area contributed by atoms with E-state index in [1.54, 1.807) is 0 Å². The summed E-state index contributed by atoms with van der Waals surface area (Å²) in [5.74, 6) is -3.39. The van der Waals surface area contributed by atoms with E-state index in [-0.39, 0.29) is 6.42 Å². The summed E-state index contributed by atoms with van der Waals surface area (Å²) in [7, 11) is 0. The fourth-order valence-corrected chi connectivity index (χ4v) is 3.05. The fourth-order valence-electron chi connectivity index (χ4n) is 3.05. The van der Waals surface area contributed by atoms with Gasteiger partial charge in [0.15, 0.2) is 0 Å². The third kappa shape index (κ3) is 14.9. The van der Waals surface area contributed by atoms with E-state index < -0.39 is 68.1 Å². The maximum atomic E-state index is 12.1. The molecule has 0 radical (unpaired) electrons. The van der Waals surface area contributed by atoms with Crippen molar-refractivity contribution in [3.05, 3.63) is 0 Å². The molecular weight excluding hydrogens is 440 g/mol. The molecular formula is C22H40O11. The Labute approximate surface area is 194 Å². The van der Waals surface area contributed by atoms with Crippen molar-refractivity contribution in [1.29, 1.82) is 0 Å². The highest BCUT2D eigenvalue weighted by molar-refractivity contribution is 5.83. The van der Waals surface area contributed by atoms with Crippen LogP contribution in [0.1, 0.15) is 77.6 Å². The van der Waals surface area contributed by atoms with E-state index in [0.29, 0.717) is 6.42 Å². The number of rotatable bonds is 20. The number of carboxylic acids is 1. The van der Waals surface area contributed by atoms with E-state index in [1.807, 2.05) is 0 Å². The van der Waals surface area contributed by atoms with Gasteiger partial charge in [0.1, 0.15) is 31.0 Å². The molecule has 0 rings (SSSR count). The number of unbranched alkanes of at least 4 members (excludes halogenated alkanes) is 8. The van der Waals surface area contributed by atoms with E-state index >= 15 is 0 Å². The van der Waals surface area contributed by atoms with Crippen molar-refractivity contribution in [1.82, 2.24) is 0 Å². The van der Waals surface area contributed by atoms with Crippen LogP contribution in [0.2, 0.25) is 0 Å². The van der Waals surface area contributed by atoms with Crippen LogP contribution in [0.3, 0.4) is 0 Å². The summed E-state index contributed by atoms with van der Waals surface area (Å²) in [5.41, 5.74) is 0. The first kappa shape index (κ1) is 31.2. The predicted molar refractivity (Wildman–Crippen MR) is 116 cm³/mol. The number of carboxylic acid groups (broad SMARTS) is 1. The normalized spacial score (nSPS) is 15.8. The van der Waals surface area contributed by atoms with E-state index in [9.17, 15) is 34.8 Å². The molecule has 0 unspecified atom stereocenters. The van der Waals surface area contributed by atoms with E-state index in [1.165, 1.54) is 25.7 Å². The number of hydrogen-bond donors (Lipinski definition) is 6. The first-order valence-corrected chi connectivity index (χ1v) is 11.5. The molecule has 0 aliphatic carbocycles. The van der Waals surface area contributed by atoms with Crippen LogP contribution >= 0.6 is 0 Å². The standard InChI is InChI=1S/C22H40O11/c1-2-3-4-5-6-7-8-9-10-11-19(28)33-17(12-18(26)27)22(31)32-14-16(25)21(30)20(29)15(24)13-23/h15-17,20-21,23-25,29-30H,2-14H2,1H3,(H,26,27)/t15-,16-,17+,20-,21-/m1/s1. The van der Waals surface area contributed by atoms with Crippen LogP contribution in [-0.2, 0) is 23.9 Å². The zero-order chi connectivity index (χ0) is 25.2. The van der Waals surface area contributed by atoms with Crippen molar-refractivity contribution >= 4 is 17.9 Å². The second-order valence-corrected chi connectivity index (χ2v) is 8.08. The van der Waals surface area contributed by atoms with Crippen LogP contribution in [0, 0.1) is 0 Å². The van der Waals surface area contributed by atoms with Crippen LogP contribution in [0.15, 0.2) is 0 Å². The summed E-state index contributed by atoms with van der Waals surface area (Å²) < 4.78 is 9.64. The second-order valence-electron chi connectivity index (χ2n) is 8.08. The number of carbonyl (C=O) groups is 3. The number of hydrogen-bond acceptors (Lipinski definition) is 10. The molecule has 5 atom stereocenters. The Morgan fingerprint density at radius 1 is 0.788 bits per heavy atom. The Kier molecular flexibility index (Phi) is 17.6. The first-order valence-electron chi connectivity index (χ1n) is 11.5. The van der Waals surface area contributed by atoms with Crippen molar-refractivity contribution in [2.45, 2.75) is 108 Å². The highest BCUT2D eigenvalue weighted by Crippen LogP contribution is 2.13. The maximum absolute atomic E-state index is 12.1. The van der Waals surface area contributed by atoms with Crippen molar-refractivity contribution in [3.8, 4) is 0 Å². The van der Waals surface area contributed by atoms with Crippen molar-refractivity contribution < 1.29 is 54.5 Å². The Bertz CT molecular complexity index is 554. The molecule has 0 bridgehead atoms. The fraction of sp³-hybridized carbons (Fsp3) is 0.864. The molecule has 0 aliphatic heterocycles. The van der Waals surface area contributed by atoms with Gasteiger partial charge in [-0.25, -0.2) is 4.79 Å². The molecule has 0 aliphatic rings. The van der Waals surface area contributed by atoms with E-state index in [0.717, 1.165) is 25.7 Å². The lowest BCUT2D eigenvalue weighted by atomic mass is 10.0. The molecule has 33 heavy (non-hydrogen) atoms. The number of ether oxygens (including phenoxy) is 2. The van der Waals surface area contributed by atoms with Gasteiger partial charge in [-0.15, -0.1) is 0 Å². The van der Waals surface area contributed by atoms with Gasteiger partial charge in [0, 0.05) is 6.42 Å². The van der Waals surface area contributed by atoms with E-state index in [2.05, 4.69) is 6.92 Å². The van der Waals surface area contributed by atoms with Crippen LogP contribution in [0.4, 0.5) is 0 Å². The first-order chi connectivity index (χ1) is 15.6. The minimum Gasteiger partial charge on any atom is -0.481 e. The Hall–Kier alpha value is -1.79. The van der Waals surface area contributed by atoms with Crippen molar-refractivity contribution in [2.75, 3.05) is 13.2 Å². The van der Waals surface area contributed by atoms with Gasteiger partial charge >= 0.3 is 17.9 Å². The summed E-state index contributed by atoms with van der Waals surface area (Å²) in [6.07, 6.45) is -0.590. The lowest BCUT2D eigenvalue weighted by molar-refractivity contribution is -0.176. The van der Waals surface area contributed by atoms with Crippen LogP contribution in [0.25, 0.3) is 0 Å². The molecule has 0 spiro atoms. The van der Waals surface area contributed by atoms with Crippen molar-refractivity contribution in [3.63, 3.8) is 0 Å². The Morgan fingerprint density at radius 2 is 1.30 bits per heavy atom. The highest BCUT2D eigenvalue weighted by Gasteiger charge is 2.33. The predicted octanol–water partition coefficient (Wildman–Crippen LogP) is 0.273. The number of aliphatic hydroxyl groups excluding tert-OH is 5. The second kappa shape index (κ2) is 18.6. The largest absolute Gasteiger partial charge is 0.481 e. The van der Waals surface area contributed by atoms with Gasteiger partial charge in [0.25, 0.3) is 0 Å². The van der Waals surface area contributed by atoms with E-state index in [4.69, 9.17) is 19.7 Å². The molecule has 0 saturated carbocycles. The number of aliphatic hydroxyl groups is 5. The summed E-state index contributed by atoms with van der Waals surface area (Å²) in [4.78, 5) is 35.1. The molecule has 11 nitrogen and oxygen atoms in total. The van der Waals surface area contributed by atoms with Crippen LogP contribution in [-0.4, -0.2) is 92.3 Å². The molecule has 11 heteroatoms. The zero-order valence-corrected chi connectivity index (χ0v) is 19.3. The molecule has 0 amide bonds. The van der Waals surface area contributed by atoms with Gasteiger partial charge in [-0.2, -0.15) is 0 Å². The Balaban J connectivity index is 4.39. The molecule has 0 aromatic carbocycles. The van der Waals surface area contributed by atoms with Gasteiger partial charge in [0.05, 0.1) is 13.0 Å². The minimum atomic E-state index is -1.95. The number of carbonyl (C=O) groups excluding carboxylic acids is 2. The summed E-state index contributed by atoms with van der Waals surface area (Å²) in [5, 5.41) is 56.0. The molecule has 0 fully saturated rings. The lowest BCUT2D eigenvalue weighted by Gasteiger charge is -2.25. The Morgan fingerprint density at radius 3 is 1.82 bits per heavy atom. The summed E-state index contributed by atoms with van der Waals surface area (Å²) in [6.45, 7) is 0.424. The third-order valence-corrected chi connectivity index (χ3v) is 5.10. The van der Waals surface area contributed by atoms with Gasteiger partial charge in [-0.05, 0) is 6.42 Å². The SMILES string of the molecule is CCCCCCCCCCCC(=O)O[C@@H](CC(=O)O)C(=O)OC[C@@H](O)[C@@H](O)[C@H](O)[C@H](O)CO. The lowest BCUT2D eigenvalue weighted by Crippen LogP contribution is -2.47. The smallest absolute Gasteiger partial charge is 0.348 e. The van der Waals surface area contributed by atoms with Crippen LogP contribution < -0.4 is 0 Å². The maximum Gasteiger partial charge on any atom is 0.348 e. The van der Waals surface area contributed by atoms with Crippen molar-refractivity contribution in [2.24, 2.45) is 0 Å². The monoisotopic (exact) mass is 480 g/mol. The topological polar surface area (TPSA) is 191 Å². The quantitative estimate of drug-likeness (QED) is 0.104. The average Bonchev–Trinajstić information content (AvgIpc) is 2.78. The molecule has 0 aromatic rings. The number of esters is 2. The van der Waals surface area contributed by atoms with Gasteiger partial charge in [-0.1, -0.05) is 58.3 Å². The molecule has 0 saturated heterocycles. The summed E-state index contributed by atoms with van der Waals surface area (Å²) >= 11 is 0. The average molecular weight is 481 g/mol. The van der Waals surface area contributed by atoms with Gasteiger partial charge in [0.2, 0.25) is 6.10 Å². The molecule has 194 valence electrons.